The van der Waals surface area contributed by atoms with E-state index >= 15 is 0 Å². The molecule has 1 atom stereocenters. The van der Waals surface area contributed by atoms with E-state index in [1.807, 2.05) is 37.1 Å². The van der Waals surface area contributed by atoms with Gasteiger partial charge < -0.3 is 0 Å². The van der Waals surface area contributed by atoms with Crippen LogP contribution < -0.4 is 31.8 Å². The van der Waals surface area contributed by atoms with Crippen molar-refractivity contribution in [1.82, 2.24) is 33.7 Å². The topological polar surface area (TPSA) is 73.3 Å². The van der Waals surface area contributed by atoms with Gasteiger partial charge in [0.1, 0.15) is 5.65 Å². The van der Waals surface area contributed by atoms with Crippen molar-refractivity contribution in [2.75, 3.05) is 0 Å². The monoisotopic (exact) mass is 1550 g/mol. The van der Waals surface area contributed by atoms with Gasteiger partial charge in [0.15, 0.2) is 0 Å². The third kappa shape index (κ3) is 10.5. The van der Waals surface area contributed by atoms with Gasteiger partial charge >= 0.3 is 441 Å². The molecule has 11 heteroatoms. The summed E-state index contributed by atoms with van der Waals surface area (Å²) in [6.07, 6.45) is 9.38. The molecular formula is C97H61N7P2Se2. The van der Waals surface area contributed by atoms with Crippen LogP contribution in [0, 0.1) is 0 Å². The quantitative estimate of drug-likeness (QED) is 0.0818. The Morgan fingerprint density at radius 2 is 0.620 bits per heavy atom. The zero-order valence-electron chi connectivity index (χ0n) is 58.1. The predicted octanol–water partition coefficient (Wildman–Crippen LogP) is 21.3. The molecule has 15 aromatic carbocycles. The van der Waals surface area contributed by atoms with Gasteiger partial charge in [0.05, 0.1) is 16.6 Å². The molecule has 0 aliphatic rings. The van der Waals surface area contributed by atoms with Crippen molar-refractivity contribution < 1.29 is 0 Å². The molecule has 0 N–H and O–H groups in total. The summed E-state index contributed by atoms with van der Waals surface area (Å²) in [7, 11) is 0. The SMILES string of the molecule is [Se]=P(c1ccc2ccccc2c1)(c1ccc2cc(-c3ccc4c5c6ccccc6ccc5c5nc6ccccc6n5c4c3)ccc2c1)c1ccc2cccnc2c1.[Se]=P(c1ccncc1)(c1ccncc1)c1ccc(-c2ccc(-c3ccc4c5ccc6ccccc6c5c5nc6ccccc6n5c4c3)cc2)cc1. The van der Waals surface area contributed by atoms with Crippen LogP contribution in [0.1, 0.15) is 0 Å². The summed E-state index contributed by atoms with van der Waals surface area (Å²) in [5.41, 5.74) is 12.5. The fourth-order valence-electron chi connectivity index (χ4n) is 16.6. The first-order chi connectivity index (χ1) is 53.3. The molecular weight excluding hydrogens is 1480 g/mol. The Hall–Kier alpha value is -12.1. The van der Waals surface area contributed by atoms with Crippen molar-refractivity contribution in [1.29, 1.82) is 0 Å². The molecule has 108 heavy (non-hydrogen) atoms. The zero-order valence-corrected chi connectivity index (χ0v) is 63.3. The summed E-state index contributed by atoms with van der Waals surface area (Å²) in [4.78, 5) is 23.7. The van der Waals surface area contributed by atoms with Gasteiger partial charge in [-0.1, -0.05) is 91.0 Å². The number of benzene rings is 15. The summed E-state index contributed by atoms with van der Waals surface area (Å²) >= 11 is 7.44. The van der Waals surface area contributed by atoms with E-state index in [0.29, 0.717) is 0 Å². The molecule has 0 spiro atoms. The maximum absolute atomic E-state index is 5.20. The van der Waals surface area contributed by atoms with Crippen molar-refractivity contribution in [2.45, 2.75) is 0 Å². The van der Waals surface area contributed by atoms with E-state index < -0.39 is 11.0 Å². The average molecular weight is 1540 g/mol. The summed E-state index contributed by atoms with van der Waals surface area (Å²) in [6, 6.07) is 124. The molecule has 22 rings (SSSR count). The van der Waals surface area contributed by atoms with E-state index in [4.69, 9.17) is 15.0 Å². The van der Waals surface area contributed by atoms with Crippen LogP contribution in [-0.2, 0) is 0 Å². The number of hydrogen-bond acceptors (Lipinski definition) is 5. The second kappa shape index (κ2) is 25.8. The number of para-hydroxylation sites is 4. The van der Waals surface area contributed by atoms with Gasteiger partial charge in [-0.15, -0.1) is 0 Å². The van der Waals surface area contributed by atoms with E-state index in [-0.39, 0.29) is 0 Å². The van der Waals surface area contributed by atoms with Crippen LogP contribution in [0.25, 0.3) is 164 Å². The van der Waals surface area contributed by atoms with Crippen LogP contribution in [0.4, 0.5) is 0 Å². The standard InChI is InChI=1S/C52H32N3PSe.C45H29N4PSe/c57-56(41-22-17-33-8-1-2-10-36(33)29-41,43-23-18-35-11-7-27-53-48(35)32-43)42-24-19-38-28-37(15-16-39(38)30-42)40-21-25-45-50(31-40)55-49-14-6-5-13-47(49)54-52(55)46-26-20-34-9-3-4-12-44(34)51(45)46;51-50(36-21-25-46-26-22-36,37-23-27-47-28-24-37)35-17-13-31(14-18-35)30-9-11-32(12-10-30)34-16-19-39-40-20-15-33-5-1-2-6-38(33)44(40)45-48-41-7-3-4-8-42(41)49(45)43(39)29-34/h1-32H;1-29H. The normalized spacial score (nSPS) is 12.6. The summed E-state index contributed by atoms with van der Waals surface area (Å²) in [5.74, 6) is 0. The van der Waals surface area contributed by atoms with Crippen molar-refractivity contribution in [3.63, 3.8) is 0 Å². The minimum atomic E-state index is -2.19. The van der Waals surface area contributed by atoms with Crippen LogP contribution in [-0.4, -0.2) is 63.9 Å². The van der Waals surface area contributed by atoms with Crippen molar-refractivity contribution in [2.24, 2.45) is 0 Å². The molecule has 0 saturated carbocycles. The number of rotatable bonds is 9. The van der Waals surface area contributed by atoms with Crippen LogP contribution in [0.15, 0.2) is 371 Å². The molecule has 7 nitrogen and oxygen atoms in total. The number of imidazole rings is 2. The summed E-state index contributed by atoms with van der Waals surface area (Å²) in [6.45, 7) is 0. The average Bonchev–Trinajstić information content (AvgIpc) is 1.47. The van der Waals surface area contributed by atoms with E-state index in [0.717, 1.165) is 55.3 Å². The first kappa shape index (κ1) is 64.3. The molecule has 0 bridgehead atoms. The van der Waals surface area contributed by atoms with Crippen LogP contribution in [0.2, 0.25) is 0 Å². The third-order valence-corrected chi connectivity index (χ3v) is 35.9. The number of nitrogens with zero attached hydrogens (tertiary/aromatic N) is 7. The van der Waals surface area contributed by atoms with Gasteiger partial charge in [0.25, 0.3) is 0 Å². The fraction of sp³-hybridized carbons (Fsp3) is 0. The Balaban J connectivity index is 0.000000139. The van der Waals surface area contributed by atoms with E-state index in [2.05, 4.69) is 383 Å². The molecule has 0 aliphatic carbocycles. The summed E-state index contributed by atoms with van der Waals surface area (Å²) < 4.78 is 4.71. The Bertz CT molecular complexity index is 7440. The molecule has 0 radical (unpaired) electrons. The number of aromatic nitrogens is 7. The number of fused-ring (bicyclic) bond motifs is 23. The predicted molar refractivity (Wildman–Crippen MR) is 462 cm³/mol. The first-order valence-corrected chi connectivity index (χ1v) is 44.2. The summed E-state index contributed by atoms with van der Waals surface area (Å²) in [5, 5.41) is 25.9. The molecule has 0 fully saturated rings. The second-order valence-electron chi connectivity index (χ2n) is 27.8. The molecule has 7 aromatic heterocycles. The Labute approximate surface area is 636 Å². The van der Waals surface area contributed by atoms with Crippen LogP contribution in [0.5, 0.6) is 0 Å². The third-order valence-electron chi connectivity index (χ3n) is 21.9. The maximum atomic E-state index is 5.20. The van der Waals surface area contributed by atoms with Crippen molar-refractivity contribution in [3.05, 3.63) is 371 Å². The first-order valence-electron chi connectivity index (χ1n) is 36.2. The van der Waals surface area contributed by atoms with Gasteiger partial charge in [-0.3, -0.25) is 4.40 Å². The second-order valence-corrected chi connectivity index (χ2v) is 40.2. The van der Waals surface area contributed by atoms with Gasteiger partial charge in [0, 0.05) is 16.2 Å². The van der Waals surface area contributed by atoms with Crippen LogP contribution in [0.3, 0.4) is 0 Å². The fourth-order valence-corrected chi connectivity index (χ4v) is 26.3. The van der Waals surface area contributed by atoms with E-state index in [1.54, 1.807) is 0 Å². The number of pyridine rings is 5. The Kier molecular flexibility index (Phi) is 15.4. The molecule has 0 saturated heterocycles. The van der Waals surface area contributed by atoms with Crippen molar-refractivity contribution >= 4 is 204 Å². The molecule has 0 aliphatic heterocycles. The molecule has 22 aromatic rings. The van der Waals surface area contributed by atoms with Crippen LogP contribution >= 0.6 is 11.0 Å². The number of hydrogen-bond donors (Lipinski definition) is 0. The molecule has 1 unspecified atom stereocenters. The minimum absolute atomic E-state index is 0.990. The molecule has 7 heterocycles. The van der Waals surface area contributed by atoms with E-state index in [1.165, 1.54) is 141 Å². The Morgan fingerprint density at radius 3 is 1.29 bits per heavy atom. The van der Waals surface area contributed by atoms with Gasteiger partial charge in [-0.2, -0.15) is 0 Å². The van der Waals surface area contributed by atoms with Gasteiger partial charge in [-0.05, 0) is 57.3 Å². The molecule has 0 amide bonds. The van der Waals surface area contributed by atoms with E-state index in [9.17, 15) is 0 Å². The van der Waals surface area contributed by atoms with Crippen molar-refractivity contribution in [3.8, 4) is 33.4 Å². The van der Waals surface area contributed by atoms with Gasteiger partial charge in [-0.25, -0.2) is 9.97 Å². The Morgan fingerprint density at radius 1 is 0.222 bits per heavy atom. The zero-order chi connectivity index (χ0) is 71.6. The molecule has 506 valence electrons. The van der Waals surface area contributed by atoms with Gasteiger partial charge in [0.2, 0.25) is 0 Å².